The third-order valence-corrected chi connectivity index (χ3v) is 15.3. The molecule has 0 aromatic carbocycles. The van der Waals surface area contributed by atoms with Gasteiger partial charge in [-0.1, -0.05) is 268 Å². The largest absolute Gasteiger partial charge is 0.756 e. The molecule has 0 aromatic heterocycles. The lowest BCUT2D eigenvalue weighted by Crippen LogP contribution is -2.37. The maximum Gasteiger partial charge on any atom is 0.306 e. The van der Waals surface area contributed by atoms with Gasteiger partial charge in [0.05, 0.1) is 27.7 Å². The lowest BCUT2D eigenvalue weighted by molar-refractivity contribution is -0.870. The van der Waals surface area contributed by atoms with E-state index in [1.165, 1.54) is 218 Å². The molecule has 2 atom stereocenters. The fourth-order valence-corrected chi connectivity index (χ4v) is 10.0. The number of phosphoric ester groups is 1. The smallest absolute Gasteiger partial charge is 0.306 e. The number of phosphoric acid groups is 1. The summed E-state index contributed by atoms with van der Waals surface area (Å²) < 4.78 is 34.2. The molecule has 0 spiro atoms. The normalized spacial score (nSPS) is 13.5. The summed E-state index contributed by atoms with van der Waals surface area (Å²) in [6.45, 7) is 4.26. The van der Waals surface area contributed by atoms with Gasteiger partial charge in [-0.2, -0.15) is 0 Å². The third-order valence-electron chi connectivity index (χ3n) is 14.3. The number of hydrogen-bond acceptors (Lipinski definition) is 8. The van der Waals surface area contributed by atoms with E-state index in [0.717, 1.165) is 57.8 Å². The van der Waals surface area contributed by atoms with Crippen LogP contribution in [0.3, 0.4) is 0 Å². The number of esters is 2. The summed E-state index contributed by atoms with van der Waals surface area (Å²) >= 11 is 0. The minimum atomic E-state index is -4.64. The van der Waals surface area contributed by atoms with E-state index >= 15 is 0 Å². The number of nitrogens with zero attached hydrogens (tertiary/aromatic N) is 1. The molecule has 0 saturated heterocycles. The Kier molecular flexibility index (Phi) is 56.1. The number of hydrogen-bond donors (Lipinski definition) is 0. The van der Waals surface area contributed by atoms with E-state index in [4.69, 9.17) is 18.5 Å². The number of ether oxygens (including phenoxy) is 2. The molecule has 10 heteroatoms. The SMILES string of the molecule is CCCCCCC/C=C\C/C=C\C/C=C\CCCCCCCCCCC(=O)OC(COC(=O)CCCCCCCCCCCCCCCCCCC/C=C\CCCCCCCCCC)COP(=O)([O-])OCC[N+](C)(C)C. The van der Waals surface area contributed by atoms with Crippen molar-refractivity contribution in [2.75, 3.05) is 47.5 Å². The van der Waals surface area contributed by atoms with Crippen LogP contribution in [0.25, 0.3) is 0 Å². The Labute approximate surface area is 471 Å². The van der Waals surface area contributed by atoms with Crippen molar-refractivity contribution in [3.05, 3.63) is 48.6 Å². The third kappa shape index (κ3) is 61.2. The Morgan fingerprint density at radius 2 is 0.711 bits per heavy atom. The highest BCUT2D eigenvalue weighted by Crippen LogP contribution is 2.38. The van der Waals surface area contributed by atoms with Crippen molar-refractivity contribution >= 4 is 19.8 Å². The molecule has 0 aromatic rings. The van der Waals surface area contributed by atoms with E-state index in [2.05, 4.69) is 62.5 Å². The molecule has 0 heterocycles. The van der Waals surface area contributed by atoms with E-state index in [0.29, 0.717) is 17.4 Å². The van der Waals surface area contributed by atoms with E-state index in [1.807, 2.05) is 21.1 Å². The minimum absolute atomic E-state index is 0.0322. The summed E-state index contributed by atoms with van der Waals surface area (Å²) in [6, 6.07) is 0. The monoisotopic (exact) mass is 1090 g/mol. The lowest BCUT2D eigenvalue weighted by Gasteiger charge is -2.28. The van der Waals surface area contributed by atoms with Crippen LogP contribution >= 0.6 is 7.82 Å². The predicted molar refractivity (Wildman–Crippen MR) is 324 cm³/mol. The fraction of sp³-hybridized carbons (Fsp3) is 0.848. The molecular formula is C66H124NO8P. The molecule has 0 saturated carbocycles. The zero-order valence-corrected chi connectivity index (χ0v) is 51.6. The van der Waals surface area contributed by atoms with Gasteiger partial charge in [-0.15, -0.1) is 0 Å². The summed E-state index contributed by atoms with van der Waals surface area (Å²) in [7, 11) is 1.17. The van der Waals surface area contributed by atoms with Crippen LogP contribution in [0.2, 0.25) is 0 Å². The summed E-state index contributed by atoms with van der Waals surface area (Å²) in [5.74, 6) is -0.829. The van der Waals surface area contributed by atoms with Gasteiger partial charge >= 0.3 is 11.9 Å². The predicted octanol–water partition coefficient (Wildman–Crippen LogP) is 19.9. The molecule has 0 rings (SSSR count). The molecule has 0 radical (unpaired) electrons. The van der Waals surface area contributed by atoms with Crippen LogP contribution in [0.4, 0.5) is 0 Å². The highest BCUT2D eigenvalue weighted by atomic mass is 31.2. The number of quaternary nitrogens is 1. The van der Waals surface area contributed by atoms with Crippen molar-refractivity contribution in [1.82, 2.24) is 0 Å². The van der Waals surface area contributed by atoms with Crippen molar-refractivity contribution in [1.29, 1.82) is 0 Å². The minimum Gasteiger partial charge on any atom is -0.756 e. The number of allylic oxidation sites excluding steroid dienone is 8. The number of likely N-dealkylation sites (N-methyl/N-ethyl adjacent to an activating group) is 1. The first-order valence-electron chi connectivity index (χ1n) is 32.3. The van der Waals surface area contributed by atoms with Crippen LogP contribution in [0.1, 0.15) is 309 Å². The van der Waals surface area contributed by atoms with Gasteiger partial charge in [-0.25, -0.2) is 0 Å². The molecule has 0 bridgehead atoms. The van der Waals surface area contributed by atoms with E-state index < -0.39 is 26.5 Å². The van der Waals surface area contributed by atoms with Crippen LogP contribution in [-0.2, 0) is 32.7 Å². The fourth-order valence-electron chi connectivity index (χ4n) is 9.31. The van der Waals surface area contributed by atoms with Crippen molar-refractivity contribution in [3.8, 4) is 0 Å². The van der Waals surface area contributed by atoms with Crippen LogP contribution in [0.15, 0.2) is 48.6 Å². The molecular weight excluding hydrogens is 966 g/mol. The number of rotatable bonds is 60. The first-order chi connectivity index (χ1) is 37.0. The Hall–Kier alpha value is -2.03. The molecule has 0 fully saturated rings. The van der Waals surface area contributed by atoms with Gasteiger partial charge in [-0.05, 0) is 77.0 Å². The average molecular weight is 1090 g/mol. The molecule has 0 aliphatic carbocycles. The average Bonchev–Trinajstić information content (AvgIpc) is 3.38. The zero-order chi connectivity index (χ0) is 55.6. The number of unbranched alkanes of at least 4 members (excludes halogenated alkanes) is 38. The molecule has 0 N–H and O–H groups in total. The molecule has 76 heavy (non-hydrogen) atoms. The summed E-state index contributed by atoms with van der Waals surface area (Å²) in [5.41, 5.74) is 0. The van der Waals surface area contributed by atoms with Gasteiger partial charge in [0, 0.05) is 12.8 Å². The Morgan fingerprint density at radius 1 is 0.408 bits per heavy atom. The standard InChI is InChI=1S/C66H124NO8P/c1-6-8-10-12-14-16-18-20-22-24-26-28-30-31-32-33-34-35-37-38-40-42-44-46-48-50-52-54-56-58-65(68)72-62-64(63-74-76(70,71)73-61-60-67(3,4)5)75-66(69)59-57-55-53-51-49-47-45-43-41-39-36-29-27-25-23-21-19-17-15-13-11-9-7-2/h19,21,24-27,36,39,64H,6-18,20,22-23,28-35,37-38,40-63H2,1-5H3/b21-19-,26-24-,27-25-,39-36-. The highest BCUT2D eigenvalue weighted by molar-refractivity contribution is 7.45. The maximum absolute atomic E-state index is 12.8. The second-order valence-electron chi connectivity index (χ2n) is 23.1. The van der Waals surface area contributed by atoms with Gasteiger partial charge in [0.25, 0.3) is 7.82 Å². The Morgan fingerprint density at radius 3 is 1.07 bits per heavy atom. The summed E-state index contributed by atoms with van der Waals surface area (Å²) in [6.07, 6.45) is 73.2. The molecule has 0 aliphatic rings. The van der Waals surface area contributed by atoms with E-state index in [9.17, 15) is 19.0 Å². The topological polar surface area (TPSA) is 111 Å². The molecule has 446 valence electrons. The number of carbonyl (C=O) groups is 2. The quantitative estimate of drug-likeness (QED) is 0.0195. The summed E-state index contributed by atoms with van der Waals surface area (Å²) in [4.78, 5) is 38.0. The van der Waals surface area contributed by atoms with Crippen LogP contribution in [-0.4, -0.2) is 70.0 Å². The van der Waals surface area contributed by atoms with Gasteiger partial charge in [0.2, 0.25) is 0 Å². The van der Waals surface area contributed by atoms with E-state index in [-0.39, 0.29) is 32.0 Å². The zero-order valence-electron chi connectivity index (χ0n) is 50.7. The van der Waals surface area contributed by atoms with Crippen LogP contribution < -0.4 is 4.89 Å². The maximum atomic E-state index is 12.8. The van der Waals surface area contributed by atoms with Gasteiger partial charge in [0.1, 0.15) is 19.8 Å². The Bertz CT molecular complexity index is 1420. The number of carbonyl (C=O) groups excluding carboxylic acids is 2. The van der Waals surface area contributed by atoms with Crippen molar-refractivity contribution in [2.45, 2.75) is 315 Å². The molecule has 2 unspecified atom stereocenters. The van der Waals surface area contributed by atoms with Gasteiger partial charge in [-0.3, -0.25) is 14.2 Å². The highest BCUT2D eigenvalue weighted by Gasteiger charge is 2.22. The van der Waals surface area contributed by atoms with Crippen LogP contribution in [0.5, 0.6) is 0 Å². The molecule has 0 amide bonds. The van der Waals surface area contributed by atoms with E-state index in [1.54, 1.807) is 0 Å². The van der Waals surface area contributed by atoms with Crippen LogP contribution in [0, 0.1) is 0 Å². The second kappa shape index (κ2) is 57.6. The first-order valence-corrected chi connectivity index (χ1v) is 33.8. The summed E-state index contributed by atoms with van der Waals surface area (Å²) in [5, 5.41) is 0. The van der Waals surface area contributed by atoms with Gasteiger partial charge in [0.15, 0.2) is 6.10 Å². The first kappa shape index (κ1) is 74.0. The van der Waals surface area contributed by atoms with Crippen molar-refractivity contribution < 1.29 is 42.1 Å². The Balaban J connectivity index is 4.08. The van der Waals surface area contributed by atoms with Gasteiger partial charge < -0.3 is 27.9 Å². The second-order valence-corrected chi connectivity index (χ2v) is 24.5. The lowest BCUT2D eigenvalue weighted by atomic mass is 10.0. The molecule has 0 aliphatic heterocycles. The van der Waals surface area contributed by atoms with Crippen molar-refractivity contribution in [2.24, 2.45) is 0 Å². The van der Waals surface area contributed by atoms with Crippen molar-refractivity contribution in [3.63, 3.8) is 0 Å². The molecule has 9 nitrogen and oxygen atoms in total.